The summed E-state index contributed by atoms with van der Waals surface area (Å²) in [7, 11) is -3.49. The summed E-state index contributed by atoms with van der Waals surface area (Å²) in [4.78, 5) is 22.2. The predicted molar refractivity (Wildman–Crippen MR) is 63.4 cm³/mol. The van der Waals surface area contributed by atoms with Gasteiger partial charge in [-0.3, -0.25) is 4.79 Å². The average molecular weight is 265 g/mol. The van der Waals surface area contributed by atoms with E-state index in [0.717, 1.165) is 0 Å². The Labute approximate surface area is 101 Å². The maximum atomic E-state index is 11.4. The van der Waals surface area contributed by atoms with Crippen LogP contribution in [-0.2, 0) is 19.4 Å². The third-order valence-corrected chi connectivity index (χ3v) is 4.36. The van der Waals surface area contributed by atoms with Crippen molar-refractivity contribution in [2.24, 2.45) is 0 Å². The molecular weight excluding hydrogens is 246 g/mol. The second-order valence-corrected chi connectivity index (χ2v) is 6.66. The predicted octanol–water partition coefficient (Wildman–Crippen LogP) is 0.179. The SMILES string of the molecule is CCCC(NC(=O)CS(=O)(=O)C(C)C)C(=O)O. The van der Waals surface area contributed by atoms with Crippen molar-refractivity contribution in [3.05, 3.63) is 0 Å². The van der Waals surface area contributed by atoms with Crippen LogP contribution < -0.4 is 5.32 Å². The van der Waals surface area contributed by atoms with Gasteiger partial charge in [-0.05, 0) is 20.3 Å². The van der Waals surface area contributed by atoms with Crippen LogP contribution in [0.1, 0.15) is 33.6 Å². The number of sulfone groups is 1. The first-order valence-corrected chi connectivity index (χ1v) is 7.16. The highest BCUT2D eigenvalue weighted by Gasteiger charge is 2.24. The summed E-state index contributed by atoms with van der Waals surface area (Å²) in [5.74, 6) is -2.58. The Morgan fingerprint density at radius 1 is 1.29 bits per heavy atom. The van der Waals surface area contributed by atoms with Crippen molar-refractivity contribution in [3.63, 3.8) is 0 Å². The summed E-state index contributed by atoms with van der Waals surface area (Å²) in [6, 6.07) is -1.02. The van der Waals surface area contributed by atoms with Gasteiger partial charge in [0.1, 0.15) is 11.8 Å². The van der Waals surface area contributed by atoms with Crippen molar-refractivity contribution < 1.29 is 23.1 Å². The van der Waals surface area contributed by atoms with E-state index in [0.29, 0.717) is 6.42 Å². The quantitative estimate of drug-likeness (QED) is 0.684. The number of aliphatic carboxylic acids is 1. The second kappa shape index (κ2) is 6.58. The maximum Gasteiger partial charge on any atom is 0.326 e. The maximum absolute atomic E-state index is 11.4. The van der Waals surface area contributed by atoms with E-state index in [4.69, 9.17) is 5.11 Å². The zero-order valence-electron chi connectivity index (χ0n) is 10.3. The molecular formula is C10H19NO5S. The van der Waals surface area contributed by atoms with Crippen molar-refractivity contribution in [3.8, 4) is 0 Å². The van der Waals surface area contributed by atoms with Gasteiger partial charge in [-0.1, -0.05) is 13.3 Å². The molecule has 0 radical (unpaired) electrons. The van der Waals surface area contributed by atoms with Crippen LogP contribution in [0.15, 0.2) is 0 Å². The summed E-state index contributed by atoms with van der Waals surface area (Å²) >= 11 is 0. The molecule has 0 aromatic carbocycles. The van der Waals surface area contributed by atoms with Gasteiger partial charge in [-0.25, -0.2) is 13.2 Å². The molecule has 6 nitrogen and oxygen atoms in total. The van der Waals surface area contributed by atoms with Crippen LogP contribution in [0.3, 0.4) is 0 Å². The number of carboxylic acids is 1. The van der Waals surface area contributed by atoms with Gasteiger partial charge in [0.25, 0.3) is 0 Å². The number of rotatable bonds is 7. The summed E-state index contributed by atoms with van der Waals surface area (Å²) in [5, 5.41) is 10.4. The van der Waals surface area contributed by atoms with Crippen LogP contribution >= 0.6 is 0 Å². The number of carbonyl (C=O) groups excluding carboxylic acids is 1. The van der Waals surface area contributed by atoms with E-state index in [1.165, 1.54) is 13.8 Å². The van der Waals surface area contributed by atoms with E-state index in [2.05, 4.69) is 5.32 Å². The molecule has 0 spiro atoms. The van der Waals surface area contributed by atoms with Crippen molar-refractivity contribution in [1.29, 1.82) is 0 Å². The Morgan fingerprint density at radius 3 is 2.18 bits per heavy atom. The summed E-state index contributed by atoms with van der Waals surface area (Å²) in [6.07, 6.45) is 0.872. The third kappa shape index (κ3) is 5.67. The monoisotopic (exact) mass is 265 g/mol. The number of carboxylic acid groups (broad SMARTS) is 1. The van der Waals surface area contributed by atoms with Crippen LogP contribution in [-0.4, -0.2) is 42.4 Å². The molecule has 17 heavy (non-hydrogen) atoms. The lowest BCUT2D eigenvalue weighted by molar-refractivity contribution is -0.141. The highest BCUT2D eigenvalue weighted by Crippen LogP contribution is 2.02. The smallest absolute Gasteiger partial charge is 0.326 e. The van der Waals surface area contributed by atoms with Gasteiger partial charge in [0.05, 0.1) is 5.25 Å². The molecule has 100 valence electrons. The van der Waals surface area contributed by atoms with Crippen molar-refractivity contribution in [1.82, 2.24) is 5.32 Å². The first-order valence-electron chi connectivity index (χ1n) is 5.44. The fraction of sp³-hybridized carbons (Fsp3) is 0.800. The molecule has 0 saturated heterocycles. The largest absolute Gasteiger partial charge is 0.480 e. The van der Waals surface area contributed by atoms with Gasteiger partial charge in [0, 0.05) is 0 Å². The molecule has 0 rings (SSSR count). The molecule has 0 aliphatic heterocycles. The van der Waals surface area contributed by atoms with Gasteiger partial charge >= 0.3 is 5.97 Å². The summed E-state index contributed by atoms with van der Waals surface area (Å²) in [5.41, 5.74) is 0. The molecule has 1 amide bonds. The topological polar surface area (TPSA) is 101 Å². The minimum absolute atomic E-state index is 0.281. The lowest BCUT2D eigenvalue weighted by Crippen LogP contribution is -2.43. The molecule has 7 heteroatoms. The fourth-order valence-electron chi connectivity index (χ4n) is 1.13. The van der Waals surface area contributed by atoms with Crippen LogP contribution in [0.25, 0.3) is 0 Å². The van der Waals surface area contributed by atoms with E-state index < -0.39 is 38.8 Å². The molecule has 0 saturated carbocycles. The molecule has 0 heterocycles. The molecule has 0 bridgehead atoms. The Kier molecular flexibility index (Phi) is 6.15. The minimum Gasteiger partial charge on any atom is -0.480 e. The van der Waals surface area contributed by atoms with Crippen LogP contribution in [0.5, 0.6) is 0 Å². The third-order valence-electron chi connectivity index (χ3n) is 2.26. The Bertz CT molecular complexity index is 374. The average Bonchev–Trinajstić information content (AvgIpc) is 2.15. The van der Waals surface area contributed by atoms with E-state index in [9.17, 15) is 18.0 Å². The number of nitrogens with one attached hydrogen (secondary N) is 1. The van der Waals surface area contributed by atoms with E-state index in [1.54, 1.807) is 6.92 Å². The molecule has 0 aromatic rings. The Hall–Kier alpha value is -1.11. The van der Waals surface area contributed by atoms with Crippen LogP contribution in [0.2, 0.25) is 0 Å². The molecule has 0 fully saturated rings. The van der Waals surface area contributed by atoms with Crippen LogP contribution in [0, 0.1) is 0 Å². The first kappa shape index (κ1) is 15.9. The Balaban J connectivity index is 4.49. The standard InChI is InChI=1S/C10H19NO5S/c1-4-5-8(10(13)14)11-9(12)6-17(15,16)7(2)3/h7-8H,4-6H2,1-3H3,(H,11,12)(H,13,14). The van der Waals surface area contributed by atoms with Gasteiger partial charge in [-0.2, -0.15) is 0 Å². The zero-order chi connectivity index (χ0) is 13.6. The normalized spacial score (nSPS) is 13.4. The molecule has 1 atom stereocenters. The number of amides is 1. The van der Waals surface area contributed by atoms with Gasteiger partial charge in [-0.15, -0.1) is 0 Å². The number of carbonyl (C=O) groups is 2. The summed E-state index contributed by atoms with van der Waals surface area (Å²) < 4.78 is 22.9. The fourth-order valence-corrected chi connectivity index (χ4v) is 1.91. The highest BCUT2D eigenvalue weighted by atomic mass is 32.2. The molecule has 2 N–H and O–H groups in total. The number of hydrogen-bond acceptors (Lipinski definition) is 4. The van der Waals surface area contributed by atoms with E-state index >= 15 is 0 Å². The van der Waals surface area contributed by atoms with Gasteiger partial charge in [0.15, 0.2) is 9.84 Å². The molecule has 0 aliphatic rings. The zero-order valence-corrected chi connectivity index (χ0v) is 11.1. The Morgan fingerprint density at radius 2 is 1.82 bits per heavy atom. The molecule has 1 unspecified atom stereocenters. The lowest BCUT2D eigenvalue weighted by Gasteiger charge is -2.14. The van der Waals surface area contributed by atoms with E-state index in [-0.39, 0.29) is 6.42 Å². The highest BCUT2D eigenvalue weighted by molar-refractivity contribution is 7.92. The van der Waals surface area contributed by atoms with Crippen LogP contribution in [0.4, 0.5) is 0 Å². The van der Waals surface area contributed by atoms with Gasteiger partial charge < -0.3 is 10.4 Å². The molecule has 0 aromatic heterocycles. The van der Waals surface area contributed by atoms with Crippen molar-refractivity contribution in [2.75, 3.05) is 5.75 Å². The minimum atomic E-state index is -3.49. The van der Waals surface area contributed by atoms with Crippen molar-refractivity contribution in [2.45, 2.75) is 44.9 Å². The van der Waals surface area contributed by atoms with Gasteiger partial charge in [0.2, 0.25) is 5.91 Å². The lowest BCUT2D eigenvalue weighted by atomic mass is 10.2. The summed E-state index contributed by atoms with van der Waals surface area (Å²) in [6.45, 7) is 4.74. The second-order valence-electron chi connectivity index (χ2n) is 4.10. The van der Waals surface area contributed by atoms with Crippen molar-refractivity contribution >= 4 is 21.7 Å². The van der Waals surface area contributed by atoms with E-state index in [1.807, 2.05) is 0 Å². The number of hydrogen-bond donors (Lipinski definition) is 2. The first-order chi connectivity index (χ1) is 7.70. The molecule has 0 aliphatic carbocycles.